The highest BCUT2D eigenvalue weighted by Gasteiger charge is 2.23. The SMILES string of the molecule is Cc1ccc(C(=O)N(CCN(C)C)c2nc3cc4c(cc3s2)OCO4)cc1.Cl. The molecule has 0 unspecified atom stereocenters. The Labute approximate surface area is 174 Å². The second kappa shape index (κ2) is 8.34. The molecule has 8 heteroatoms. The number of ether oxygens (including phenoxy) is 2. The van der Waals surface area contributed by atoms with Crippen LogP contribution in [0.2, 0.25) is 0 Å². The molecule has 4 rings (SSSR count). The number of halogens is 1. The predicted octanol–water partition coefficient (Wildman–Crippen LogP) is 3.96. The van der Waals surface area contributed by atoms with Crippen molar-refractivity contribution in [1.29, 1.82) is 0 Å². The molecule has 3 aromatic rings. The van der Waals surface area contributed by atoms with Gasteiger partial charge in [0.1, 0.15) is 0 Å². The van der Waals surface area contributed by atoms with Crippen molar-refractivity contribution in [2.24, 2.45) is 0 Å². The Bertz CT molecular complexity index is 947. The first-order valence-electron chi connectivity index (χ1n) is 8.75. The van der Waals surface area contributed by atoms with Crippen LogP contribution in [0.5, 0.6) is 11.5 Å². The molecule has 6 nitrogen and oxygen atoms in total. The fourth-order valence-corrected chi connectivity index (χ4v) is 3.86. The van der Waals surface area contributed by atoms with E-state index in [0.29, 0.717) is 23.0 Å². The maximum atomic E-state index is 13.2. The number of anilines is 1. The Morgan fingerprint density at radius 2 is 1.79 bits per heavy atom. The highest BCUT2D eigenvalue weighted by atomic mass is 35.5. The quantitative estimate of drug-likeness (QED) is 0.626. The number of hydrogen-bond acceptors (Lipinski definition) is 6. The Morgan fingerprint density at radius 1 is 1.11 bits per heavy atom. The third-order valence-electron chi connectivity index (χ3n) is 4.42. The van der Waals surface area contributed by atoms with Crippen LogP contribution >= 0.6 is 23.7 Å². The number of hydrogen-bond donors (Lipinski definition) is 0. The van der Waals surface area contributed by atoms with Crippen LogP contribution in [-0.4, -0.2) is 49.8 Å². The number of likely N-dealkylation sites (N-methyl/N-ethyl adjacent to an activating group) is 1. The number of rotatable bonds is 5. The Balaban J connectivity index is 0.00000225. The maximum Gasteiger partial charge on any atom is 0.260 e. The van der Waals surface area contributed by atoms with Gasteiger partial charge in [0.15, 0.2) is 16.6 Å². The summed E-state index contributed by atoms with van der Waals surface area (Å²) < 4.78 is 11.9. The van der Waals surface area contributed by atoms with Gasteiger partial charge >= 0.3 is 0 Å². The average Bonchev–Trinajstić information content (AvgIpc) is 3.25. The fourth-order valence-electron chi connectivity index (χ4n) is 2.86. The van der Waals surface area contributed by atoms with Gasteiger partial charge in [0.05, 0.1) is 10.2 Å². The number of carbonyl (C=O) groups excluding carboxylic acids is 1. The molecule has 2 heterocycles. The van der Waals surface area contributed by atoms with Gasteiger partial charge in [-0.25, -0.2) is 4.98 Å². The Hall–Kier alpha value is -2.35. The molecule has 0 saturated heterocycles. The molecule has 148 valence electrons. The second-order valence-corrected chi connectivity index (χ2v) is 7.80. The van der Waals surface area contributed by atoms with Crippen molar-refractivity contribution < 1.29 is 14.3 Å². The number of thiazole rings is 1. The number of fused-ring (bicyclic) bond motifs is 2. The maximum absolute atomic E-state index is 13.2. The largest absolute Gasteiger partial charge is 0.454 e. The third kappa shape index (κ3) is 4.06. The fraction of sp³-hybridized carbons (Fsp3) is 0.300. The van der Waals surface area contributed by atoms with Crippen molar-refractivity contribution >= 4 is 45.0 Å². The molecule has 0 fully saturated rings. The van der Waals surface area contributed by atoms with Gasteiger partial charge in [0.2, 0.25) is 6.79 Å². The van der Waals surface area contributed by atoms with Crippen molar-refractivity contribution in [3.05, 3.63) is 47.5 Å². The lowest BCUT2D eigenvalue weighted by molar-refractivity contribution is 0.0985. The van der Waals surface area contributed by atoms with Crippen molar-refractivity contribution in [1.82, 2.24) is 9.88 Å². The van der Waals surface area contributed by atoms with E-state index in [2.05, 4.69) is 4.90 Å². The molecule has 2 aromatic carbocycles. The molecular weight excluding hydrogens is 398 g/mol. The van der Waals surface area contributed by atoms with Crippen LogP contribution in [0.3, 0.4) is 0 Å². The second-order valence-electron chi connectivity index (χ2n) is 6.80. The van der Waals surface area contributed by atoms with Crippen molar-refractivity contribution in [2.75, 3.05) is 38.9 Å². The van der Waals surface area contributed by atoms with Crippen LogP contribution < -0.4 is 14.4 Å². The molecule has 0 N–H and O–H groups in total. The van der Waals surface area contributed by atoms with E-state index in [0.717, 1.165) is 28.1 Å². The zero-order chi connectivity index (χ0) is 19.0. The zero-order valence-electron chi connectivity index (χ0n) is 16.0. The zero-order valence-corrected chi connectivity index (χ0v) is 17.6. The first kappa shape index (κ1) is 20.4. The van der Waals surface area contributed by atoms with Gasteiger partial charge in [-0.2, -0.15) is 0 Å². The van der Waals surface area contributed by atoms with E-state index in [4.69, 9.17) is 14.5 Å². The predicted molar refractivity (Wildman–Crippen MR) is 114 cm³/mol. The number of aromatic nitrogens is 1. The van der Waals surface area contributed by atoms with E-state index < -0.39 is 0 Å². The minimum atomic E-state index is -0.0454. The van der Waals surface area contributed by atoms with E-state index in [9.17, 15) is 4.79 Å². The van der Waals surface area contributed by atoms with Crippen molar-refractivity contribution in [3.63, 3.8) is 0 Å². The molecule has 0 saturated carbocycles. The summed E-state index contributed by atoms with van der Waals surface area (Å²) in [5, 5.41) is 0.682. The third-order valence-corrected chi connectivity index (χ3v) is 5.46. The van der Waals surface area contributed by atoms with Crippen LogP contribution in [-0.2, 0) is 0 Å². The van der Waals surface area contributed by atoms with Crippen LogP contribution in [0.4, 0.5) is 5.13 Å². The first-order chi connectivity index (χ1) is 13.0. The highest BCUT2D eigenvalue weighted by molar-refractivity contribution is 7.22. The van der Waals surface area contributed by atoms with Gasteiger partial charge < -0.3 is 14.4 Å². The minimum absolute atomic E-state index is 0. The molecule has 1 amide bonds. The summed E-state index contributed by atoms with van der Waals surface area (Å²) in [6.45, 7) is 3.55. The van der Waals surface area contributed by atoms with Gasteiger partial charge in [0.25, 0.3) is 5.91 Å². The molecule has 0 aliphatic carbocycles. The molecule has 0 spiro atoms. The van der Waals surface area contributed by atoms with Gasteiger partial charge in [-0.05, 0) is 33.2 Å². The van der Waals surface area contributed by atoms with Crippen LogP contribution in [0.25, 0.3) is 10.2 Å². The molecular formula is C20H22ClN3O3S. The lowest BCUT2D eigenvalue weighted by atomic mass is 10.1. The Kier molecular flexibility index (Phi) is 6.07. The average molecular weight is 420 g/mol. The lowest BCUT2D eigenvalue weighted by Gasteiger charge is -2.22. The molecule has 1 aliphatic heterocycles. The standard InChI is InChI=1S/C20H21N3O3S.ClH/c1-13-4-6-14(7-5-13)19(24)23(9-8-22(2)3)20-21-15-10-16-17(26-12-25-16)11-18(15)27-20;/h4-7,10-11H,8-9,12H2,1-3H3;1H. The molecule has 0 atom stereocenters. The van der Waals surface area contributed by atoms with Crippen molar-refractivity contribution in [3.8, 4) is 11.5 Å². The van der Waals surface area contributed by atoms with E-state index in [-0.39, 0.29) is 25.1 Å². The number of carbonyl (C=O) groups is 1. The van der Waals surface area contributed by atoms with Gasteiger partial charge in [-0.3, -0.25) is 9.69 Å². The summed E-state index contributed by atoms with van der Waals surface area (Å²) in [4.78, 5) is 21.7. The first-order valence-corrected chi connectivity index (χ1v) is 9.56. The summed E-state index contributed by atoms with van der Waals surface area (Å²) in [6, 6.07) is 11.4. The van der Waals surface area contributed by atoms with Crippen LogP contribution in [0.15, 0.2) is 36.4 Å². The molecule has 1 aromatic heterocycles. The van der Waals surface area contributed by atoms with Gasteiger partial charge in [0, 0.05) is 30.8 Å². The molecule has 0 radical (unpaired) electrons. The summed E-state index contributed by atoms with van der Waals surface area (Å²) in [5.74, 6) is 1.38. The minimum Gasteiger partial charge on any atom is -0.454 e. The molecule has 1 aliphatic rings. The summed E-state index contributed by atoms with van der Waals surface area (Å²) in [6.07, 6.45) is 0. The highest BCUT2D eigenvalue weighted by Crippen LogP contribution is 2.40. The topological polar surface area (TPSA) is 54.9 Å². The van der Waals surface area contributed by atoms with E-state index in [1.165, 1.54) is 11.3 Å². The van der Waals surface area contributed by atoms with Gasteiger partial charge in [-0.1, -0.05) is 29.0 Å². The number of amides is 1. The molecule has 0 bridgehead atoms. The monoisotopic (exact) mass is 419 g/mol. The number of nitrogens with zero attached hydrogens (tertiary/aromatic N) is 3. The summed E-state index contributed by atoms with van der Waals surface area (Å²) >= 11 is 1.49. The Morgan fingerprint density at radius 3 is 2.46 bits per heavy atom. The molecule has 28 heavy (non-hydrogen) atoms. The summed E-state index contributed by atoms with van der Waals surface area (Å²) in [7, 11) is 3.98. The smallest absolute Gasteiger partial charge is 0.260 e. The normalized spacial score (nSPS) is 12.3. The van der Waals surface area contributed by atoms with Crippen LogP contribution in [0.1, 0.15) is 15.9 Å². The van der Waals surface area contributed by atoms with Gasteiger partial charge in [-0.15, -0.1) is 12.4 Å². The number of benzene rings is 2. The van der Waals surface area contributed by atoms with E-state index in [1.54, 1.807) is 4.90 Å². The van der Waals surface area contributed by atoms with E-state index >= 15 is 0 Å². The summed E-state index contributed by atoms with van der Waals surface area (Å²) in [5.41, 5.74) is 2.60. The van der Waals surface area contributed by atoms with Crippen LogP contribution in [0, 0.1) is 6.92 Å². The van der Waals surface area contributed by atoms with Crippen molar-refractivity contribution in [2.45, 2.75) is 6.92 Å². The lowest BCUT2D eigenvalue weighted by Crippen LogP contribution is -2.36. The number of aryl methyl sites for hydroxylation is 1. The van der Waals surface area contributed by atoms with E-state index in [1.807, 2.05) is 57.4 Å².